The van der Waals surface area contributed by atoms with Gasteiger partial charge in [-0.1, -0.05) is 25.5 Å². The molecule has 0 fully saturated rings. The third kappa shape index (κ3) is 3.34. The molecule has 0 spiro atoms. The monoisotopic (exact) mass is 288 g/mol. The summed E-state index contributed by atoms with van der Waals surface area (Å²) in [5.41, 5.74) is 1.47. The number of rotatable bonds is 6. The lowest BCUT2D eigenvalue weighted by molar-refractivity contribution is 0.243. The van der Waals surface area contributed by atoms with Crippen LogP contribution in [-0.4, -0.2) is 29.2 Å². The summed E-state index contributed by atoms with van der Waals surface area (Å²) in [7, 11) is 1.50. The van der Waals surface area contributed by atoms with E-state index in [-0.39, 0.29) is 6.03 Å². The van der Waals surface area contributed by atoms with E-state index in [9.17, 15) is 4.79 Å². The maximum Gasteiger partial charge on any atom is 0.328 e. The van der Waals surface area contributed by atoms with E-state index in [2.05, 4.69) is 29.1 Å². The number of benzene rings is 1. The molecule has 0 saturated heterocycles. The van der Waals surface area contributed by atoms with Gasteiger partial charge in [-0.15, -0.1) is 0 Å². The molecule has 1 aromatic heterocycles. The topological polar surface area (TPSA) is 68.2 Å². The number of methoxy groups -OCH3 is 1. The quantitative estimate of drug-likeness (QED) is 0.633. The highest BCUT2D eigenvalue weighted by molar-refractivity contribution is 5.93. The van der Waals surface area contributed by atoms with Crippen LogP contribution in [0.3, 0.4) is 0 Å². The van der Waals surface area contributed by atoms with E-state index < -0.39 is 0 Å². The molecule has 21 heavy (non-hydrogen) atoms. The molecule has 112 valence electrons. The fraction of sp³-hybridized carbons (Fsp3) is 0.333. The summed E-state index contributed by atoms with van der Waals surface area (Å²) < 4.78 is 6.49. The van der Waals surface area contributed by atoms with Gasteiger partial charge in [0.25, 0.3) is 0 Å². The Bertz CT molecular complexity index is 648. The van der Waals surface area contributed by atoms with Crippen LogP contribution in [0.1, 0.15) is 19.8 Å². The number of ether oxygens (including phenoxy) is 1. The number of hydrogen-bond acceptors (Lipinski definition) is 4. The van der Waals surface area contributed by atoms with Gasteiger partial charge in [-0.05, 0) is 25.1 Å². The van der Waals surface area contributed by atoms with Gasteiger partial charge in [0.05, 0.1) is 18.1 Å². The minimum Gasteiger partial charge on any atom is -0.483 e. The van der Waals surface area contributed by atoms with Crippen molar-refractivity contribution in [2.45, 2.75) is 19.8 Å². The Hall–Kier alpha value is -2.50. The molecule has 1 heterocycles. The predicted octanol–water partition coefficient (Wildman–Crippen LogP) is 2.92. The van der Waals surface area contributed by atoms with Crippen LogP contribution in [0.25, 0.3) is 11.0 Å². The zero-order valence-corrected chi connectivity index (χ0v) is 12.3. The van der Waals surface area contributed by atoms with Crippen LogP contribution in [0.2, 0.25) is 0 Å². The van der Waals surface area contributed by atoms with Gasteiger partial charge in [0.1, 0.15) is 0 Å². The predicted molar refractivity (Wildman–Crippen MR) is 83.2 cm³/mol. The molecule has 2 N–H and O–H groups in total. The summed E-state index contributed by atoms with van der Waals surface area (Å²) in [5, 5.41) is 5.78. The lowest BCUT2D eigenvalue weighted by atomic mass is 10.3. The number of carbonyl (C=O) groups is 1. The SMILES string of the molecule is C=C(Nc1nc2ccccc2n1C(=O)NCCCC)OC. The molecule has 0 unspecified atom stereocenters. The van der Waals surface area contributed by atoms with Crippen molar-refractivity contribution >= 4 is 23.0 Å². The molecule has 2 rings (SSSR count). The van der Waals surface area contributed by atoms with Crippen LogP contribution in [-0.2, 0) is 4.74 Å². The Morgan fingerprint density at radius 1 is 1.43 bits per heavy atom. The standard InChI is InChI=1S/C15H20N4O2/c1-4-5-10-16-15(20)19-13-9-7-6-8-12(13)18-14(19)17-11(2)21-3/h6-9H,2,4-5,10H2,1,3H3,(H,16,20)(H,17,18). The van der Waals surface area contributed by atoms with Gasteiger partial charge in [-0.3, -0.25) is 5.32 Å². The molecule has 0 radical (unpaired) electrons. The minimum absolute atomic E-state index is 0.219. The van der Waals surface area contributed by atoms with E-state index in [0.29, 0.717) is 18.4 Å². The summed E-state index contributed by atoms with van der Waals surface area (Å²) in [6, 6.07) is 7.23. The van der Waals surface area contributed by atoms with Gasteiger partial charge in [0.2, 0.25) is 5.95 Å². The second-order valence-electron chi connectivity index (χ2n) is 4.60. The summed E-state index contributed by atoms with van der Waals surface area (Å²) in [6.45, 7) is 6.41. The lowest BCUT2D eigenvalue weighted by Crippen LogP contribution is -2.30. The van der Waals surface area contributed by atoms with Crippen LogP contribution in [0.15, 0.2) is 36.7 Å². The third-order valence-electron chi connectivity index (χ3n) is 3.07. The van der Waals surface area contributed by atoms with E-state index in [0.717, 1.165) is 23.9 Å². The van der Waals surface area contributed by atoms with Gasteiger partial charge in [-0.2, -0.15) is 0 Å². The fourth-order valence-corrected chi connectivity index (χ4v) is 1.94. The van der Waals surface area contributed by atoms with Crippen LogP contribution >= 0.6 is 0 Å². The van der Waals surface area contributed by atoms with Crippen molar-refractivity contribution in [3.63, 3.8) is 0 Å². The number of unbranched alkanes of at least 4 members (excludes halogenated alkanes) is 1. The number of amides is 1. The molecule has 1 amide bonds. The molecule has 0 bridgehead atoms. The van der Waals surface area contributed by atoms with Crippen molar-refractivity contribution in [2.75, 3.05) is 19.0 Å². The van der Waals surface area contributed by atoms with Gasteiger partial charge in [-0.25, -0.2) is 14.3 Å². The fourth-order valence-electron chi connectivity index (χ4n) is 1.94. The van der Waals surface area contributed by atoms with Crippen LogP contribution in [0, 0.1) is 0 Å². The molecule has 0 atom stereocenters. The molecule has 0 aliphatic rings. The largest absolute Gasteiger partial charge is 0.483 e. The van der Waals surface area contributed by atoms with Crippen LogP contribution in [0.4, 0.5) is 10.7 Å². The van der Waals surface area contributed by atoms with Crippen molar-refractivity contribution in [1.29, 1.82) is 0 Å². The van der Waals surface area contributed by atoms with E-state index in [1.807, 2.05) is 24.3 Å². The Kier molecular flexibility index (Phi) is 4.81. The number of fused-ring (bicyclic) bond motifs is 1. The number of anilines is 1. The number of nitrogens with one attached hydrogen (secondary N) is 2. The van der Waals surface area contributed by atoms with Gasteiger partial charge < -0.3 is 10.1 Å². The second kappa shape index (κ2) is 6.78. The summed E-state index contributed by atoms with van der Waals surface area (Å²) in [5.74, 6) is 0.713. The lowest BCUT2D eigenvalue weighted by Gasteiger charge is -2.11. The molecule has 1 aromatic carbocycles. The number of imidazole rings is 1. The number of aromatic nitrogens is 2. The minimum atomic E-state index is -0.219. The molecule has 0 aliphatic heterocycles. The third-order valence-corrected chi connectivity index (χ3v) is 3.07. The highest BCUT2D eigenvalue weighted by atomic mass is 16.5. The molecule has 6 heteroatoms. The van der Waals surface area contributed by atoms with E-state index in [4.69, 9.17) is 4.74 Å². The molecule has 0 saturated carbocycles. The van der Waals surface area contributed by atoms with Crippen molar-refractivity contribution in [1.82, 2.24) is 14.9 Å². The molecular weight excluding hydrogens is 268 g/mol. The summed E-state index contributed by atoms with van der Waals surface area (Å²) in [6.07, 6.45) is 1.96. The highest BCUT2D eigenvalue weighted by Gasteiger charge is 2.16. The van der Waals surface area contributed by atoms with E-state index in [1.54, 1.807) is 0 Å². The smallest absolute Gasteiger partial charge is 0.328 e. The summed E-state index contributed by atoms with van der Waals surface area (Å²) >= 11 is 0. The number of hydrogen-bond donors (Lipinski definition) is 2. The second-order valence-corrected chi connectivity index (χ2v) is 4.60. The highest BCUT2D eigenvalue weighted by Crippen LogP contribution is 2.20. The Balaban J connectivity index is 2.35. The summed E-state index contributed by atoms with van der Waals surface area (Å²) in [4.78, 5) is 16.8. The first-order chi connectivity index (χ1) is 10.2. The number of para-hydroxylation sites is 2. The van der Waals surface area contributed by atoms with Gasteiger partial charge >= 0.3 is 6.03 Å². The molecular formula is C15H20N4O2. The Morgan fingerprint density at radius 3 is 2.90 bits per heavy atom. The number of carbonyl (C=O) groups excluding carboxylic acids is 1. The number of nitrogens with zero attached hydrogens (tertiary/aromatic N) is 2. The average molecular weight is 288 g/mol. The first-order valence-corrected chi connectivity index (χ1v) is 6.93. The Labute approximate surface area is 123 Å². The normalized spacial score (nSPS) is 10.4. The molecule has 6 nitrogen and oxygen atoms in total. The molecule has 0 aliphatic carbocycles. The van der Waals surface area contributed by atoms with Crippen LogP contribution in [0.5, 0.6) is 0 Å². The van der Waals surface area contributed by atoms with Crippen molar-refractivity contribution in [3.05, 3.63) is 36.7 Å². The van der Waals surface area contributed by atoms with E-state index in [1.165, 1.54) is 11.7 Å². The van der Waals surface area contributed by atoms with E-state index >= 15 is 0 Å². The van der Waals surface area contributed by atoms with Crippen molar-refractivity contribution in [3.8, 4) is 0 Å². The maximum atomic E-state index is 12.4. The first-order valence-electron chi connectivity index (χ1n) is 6.93. The van der Waals surface area contributed by atoms with Crippen LogP contribution < -0.4 is 10.6 Å². The Morgan fingerprint density at radius 2 is 2.19 bits per heavy atom. The van der Waals surface area contributed by atoms with Gasteiger partial charge in [0.15, 0.2) is 5.88 Å². The van der Waals surface area contributed by atoms with Crippen molar-refractivity contribution < 1.29 is 9.53 Å². The van der Waals surface area contributed by atoms with Gasteiger partial charge in [0, 0.05) is 6.54 Å². The maximum absolute atomic E-state index is 12.4. The zero-order valence-electron chi connectivity index (χ0n) is 12.3. The van der Waals surface area contributed by atoms with Crippen molar-refractivity contribution in [2.24, 2.45) is 0 Å². The first kappa shape index (κ1) is 14.9. The molecule has 2 aromatic rings. The average Bonchev–Trinajstić information content (AvgIpc) is 2.85. The zero-order chi connectivity index (χ0) is 15.2.